The van der Waals surface area contributed by atoms with Crippen molar-refractivity contribution < 1.29 is 18.6 Å². The summed E-state index contributed by atoms with van der Waals surface area (Å²) in [5.74, 6) is 0.0305. The zero-order valence-electron chi connectivity index (χ0n) is 11.6. The number of rotatable bonds is 7. The van der Waals surface area contributed by atoms with Crippen molar-refractivity contribution in [3.63, 3.8) is 0 Å². The molecule has 0 unspecified atom stereocenters. The molecule has 6 nitrogen and oxygen atoms in total. The van der Waals surface area contributed by atoms with Gasteiger partial charge in [0.1, 0.15) is 0 Å². The van der Waals surface area contributed by atoms with Crippen molar-refractivity contribution in [1.82, 2.24) is 9.55 Å². The molecule has 0 bridgehead atoms. The van der Waals surface area contributed by atoms with Crippen LogP contribution in [0, 0.1) is 5.82 Å². The van der Waals surface area contributed by atoms with E-state index >= 15 is 0 Å². The SMILES string of the molecule is COCCOCCn1c(N)nc2cc(F)c(OC)cc21. The standard InChI is InChI=1S/C13H18FN3O3/c1-18-5-6-20-4-3-17-11-8-12(19-2)9(14)7-10(11)16-13(17)15/h7-8H,3-6H2,1-2H3,(H2,15,16). The molecule has 2 aromatic rings. The van der Waals surface area contributed by atoms with Crippen LogP contribution in [-0.2, 0) is 16.0 Å². The first-order valence-electron chi connectivity index (χ1n) is 6.23. The summed E-state index contributed by atoms with van der Waals surface area (Å²) in [6.45, 7) is 2.06. The first-order chi connectivity index (χ1) is 9.67. The zero-order valence-corrected chi connectivity index (χ0v) is 11.6. The Bertz CT molecular complexity index is 586. The Morgan fingerprint density at radius 3 is 2.75 bits per heavy atom. The topological polar surface area (TPSA) is 71.5 Å². The number of hydrogen-bond acceptors (Lipinski definition) is 5. The zero-order chi connectivity index (χ0) is 14.5. The number of hydrogen-bond donors (Lipinski definition) is 1. The summed E-state index contributed by atoms with van der Waals surface area (Å²) >= 11 is 0. The third-order valence-corrected chi connectivity index (χ3v) is 2.94. The smallest absolute Gasteiger partial charge is 0.201 e. The molecule has 0 aliphatic rings. The highest BCUT2D eigenvalue weighted by molar-refractivity contribution is 5.80. The third kappa shape index (κ3) is 3.00. The molecule has 0 aliphatic heterocycles. The van der Waals surface area contributed by atoms with Crippen LogP contribution in [0.25, 0.3) is 11.0 Å². The van der Waals surface area contributed by atoms with Gasteiger partial charge in [0.2, 0.25) is 5.95 Å². The molecule has 0 amide bonds. The van der Waals surface area contributed by atoms with Gasteiger partial charge in [-0.2, -0.15) is 0 Å². The van der Waals surface area contributed by atoms with Gasteiger partial charge in [-0.15, -0.1) is 0 Å². The van der Waals surface area contributed by atoms with Gasteiger partial charge in [0, 0.05) is 25.8 Å². The van der Waals surface area contributed by atoms with Gasteiger partial charge in [0.15, 0.2) is 11.6 Å². The molecule has 2 N–H and O–H groups in total. The van der Waals surface area contributed by atoms with Crippen LogP contribution in [0.4, 0.5) is 10.3 Å². The number of methoxy groups -OCH3 is 2. The molecule has 0 saturated carbocycles. The van der Waals surface area contributed by atoms with Gasteiger partial charge >= 0.3 is 0 Å². The summed E-state index contributed by atoms with van der Waals surface area (Å²) in [4.78, 5) is 4.13. The number of nitrogens with zero attached hydrogens (tertiary/aromatic N) is 2. The average molecular weight is 283 g/mol. The van der Waals surface area contributed by atoms with E-state index in [1.54, 1.807) is 17.7 Å². The van der Waals surface area contributed by atoms with E-state index in [1.807, 2.05) is 0 Å². The summed E-state index contributed by atoms with van der Waals surface area (Å²) in [7, 11) is 3.04. The van der Waals surface area contributed by atoms with E-state index in [1.165, 1.54) is 13.2 Å². The number of halogens is 1. The van der Waals surface area contributed by atoms with Gasteiger partial charge in [-0.25, -0.2) is 9.37 Å². The average Bonchev–Trinajstić information content (AvgIpc) is 2.72. The lowest BCUT2D eigenvalue weighted by Crippen LogP contribution is -2.11. The quantitative estimate of drug-likeness (QED) is 0.778. The number of imidazole rings is 1. The van der Waals surface area contributed by atoms with Crippen LogP contribution in [0.15, 0.2) is 12.1 Å². The van der Waals surface area contributed by atoms with Crippen molar-refractivity contribution >= 4 is 17.0 Å². The molecular formula is C13H18FN3O3. The van der Waals surface area contributed by atoms with Crippen LogP contribution in [0.3, 0.4) is 0 Å². The van der Waals surface area contributed by atoms with E-state index in [0.29, 0.717) is 37.8 Å². The van der Waals surface area contributed by atoms with E-state index in [0.717, 1.165) is 5.52 Å². The largest absolute Gasteiger partial charge is 0.494 e. The summed E-state index contributed by atoms with van der Waals surface area (Å²) in [5.41, 5.74) is 7.06. The second-order valence-corrected chi connectivity index (χ2v) is 4.20. The number of nitrogens with two attached hydrogens (primary N) is 1. The van der Waals surface area contributed by atoms with Crippen molar-refractivity contribution in [2.75, 3.05) is 39.8 Å². The molecule has 20 heavy (non-hydrogen) atoms. The molecule has 0 aliphatic carbocycles. The number of fused-ring (bicyclic) bond motifs is 1. The van der Waals surface area contributed by atoms with Crippen molar-refractivity contribution in [2.45, 2.75) is 6.54 Å². The lowest BCUT2D eigenvalue weighted by atomic mass is 10.3. The maximum absolute atomic E-state index is 13.6. The van der Waals surface area contributed by atoms with Gasteiger partial charge < -0.3 is 24.5 Å². The highest BCUT2D eigenvalue weighted by Crippen LogP contribution is 2.26. The predicted molar refractivity (Wildman–Crippen MR) is 73.4 cm³/mol. The maximum Gasteiger partial charge on any atom is 0.201 e. The second kappa shape index (κ2) is 6.53. The molecule has 1 aromatic heterocycles. The monoisotopic (exact) mass is 283 g/mol. The number of ether oxygens (including phenoxy) is 3. The van der Waals surface area contributed by atoms with Crippen molar-refractivity contribution in [2.24, 2.45) is 0 Å². The summed E-state index contributed by atoms with van der Waals surface area (Å²) in [6.07, 6.45) is 0. The van der Waals surface area contributed by atoms with Gasteiger partial charge in [-0.1, -0.05) is 0 Å². The number of aromatic nitrogens is 2. The van der Waals surface area contributed by atoms with Crippen LogP contribution in [0.2, 0.25) is 0 Å². The molecule has 2 rings (SSSR count). The molecule has 0 fully saturated rings. The minimum absolute atomic E-state index is 0.166. The maximum atomic E-state index is 13.6. The van der Waals surface area contributed by atoms with E-state index < -0.39 is 5.82 Å². The Hall–Kier alpha value is -1.86. The Morgan fingerprint density at radius 2 is 2.05 bits per heavy atom. The lowest BCUT2D eigenvalue weighted by molar-refractivity contribution is 0.0671. The van der Waals surface area contributed by atoms with E-state index in [2.05, 4.69) is 4.98 Å². The fraction of sp³-hybridized carbons (Fsp3) is 0.462. The molecule has 110 valence electrons. The van der Waals surface area contributed by atoms with E-state index in [9.17, 15) is 4.39 Å². The van der Waals surface area contributed by atoms with Crippen LogP contribution in [-0.4, -0.2) is 43.6 Å². The van der Waals surface area contributed by atoms with Gasteiger partial charge in [0.05, 0.1) is 38.0 Å². The fourth-order valence-electron chi connectivity index (χ4n) is 1.94. The Kier molecular flexibility index (Phi) is 4.75. The minimum atomic E-state index is -0.457. The third-order valence-electron chi connectivity index (χ3n) is 2.94. The summed E-state index contributed by atoms with van der Waals surface area (Å²) in [6, 6.07) is 2.90. The van der Waals surface area contributed by atoms with Gasteiger partial charge in [-0.3, -0.25) is 0 Å². The van der Waals surface area contributed by atoms with Crippen molar-refractivity contribution in [1.29, 1.82) is 0 Å². The van der Waals surface area contributed by atoms with Crippen molar-refractivity contribution in [3.05, 3.63) is 17.9 Å². The first-order valence-corrected chi connectivity index (χ1v) is 6.23. The van der Waals surface area contributed by atoms with Crippen LogP contribution in [0.5, 0.6) is 5.75 Å². The van der Waals surface area contributed by atoms with Gasteiger partial charge in [0.25, 0.3) is 0 Å². The molecule has 1 aromatic carbocycles. The van der Waals surface area contributed by atoms with Crippen LogP contribution < -0.4 is 10.5 Å². The number of benzene rings is 1. The number of anilines is 1. The normalized spacial score (nSPS) is 11.2. The Labute approximate surface area is 116 Å². The van der Waals surface area contributed by atoms with Crippen molar-refractivity contribution in [3.8, 4) is 5.75 Å². The van der Waals surface area contributed by atoms with E-state index in [-0.39, 0.29) is 5.75 Å². The first kappa shape index (κ1) is 14.5. The molecule has 7 heteroatoms. The molecule has 0 spiro atoms. The molecule has 0 atom stereocenters. The predicted octanol–water partition coefficient (Wildman–Crippen LogP) is 1.43. The highest BCUT2D eigenvalue weighted by Gasteiger charge is 2.12. The fourth-order valence-corrected chi connectivity index (χ4v) is 1.94. The molecule has 1 heterocycles. The molecule has 0 saturated heterocycles. The Balaban J connectivity index is 2.17. The Morgan fingerprint density at radius 1 is 1.25 bits per heavy atom. The molecule has 0 radical (unpaired) electrons. The van der Waals surface area contributed by atoms with Crippen LogP contribution in [0.1, 0.15) is 0 Å². The number of nitrogen functional groups attached to an aromatic ring is 1. The second-order valence-electron chi connectivity index (χ2n) is 4.20. The van der Waals surface area contributed by atoms with E-state index in [4.69, 9.17) is 19.9 Å². The summed E-state index contributed by atoms with van der Waals surface area (Å²) < 4.78 is 30.6. The van der Waals surface area contributed by atoms with Gasteiger partial charge in [-0.05, 0) is 0 Å². The lowest BCUT2D eigenvalue weighted by Gasteiger charge is -2.08. The summed E-state index contributed by atoms with van der Waals surface area (Å²) in [5, 5.41) is 0. The highest BCUT2D eigenvalue weighted by atomic mass is 19.1. The minimum Gasteiger partial charge on any atom is -0.494 e. The molecular weight excluding hydrogens is 265 g/mol. The van der Waals surface area contributed by atoms with Crippen LogP contribution >= 0.6 is 0 Å².